The van der Waals surface area contributed by atoms with Gasteiger partial charge >= 0.3 is 17.5 Å². The Labute approximate surface area is 97.4 Å². The van der Waals surface area contributed by atoms with Gasteiger partial charge in [0.15, 0.2) is 5.82 Å². The Kier molecular flexibility index (Phi) is 4.11. The lowest BCUT2D eigenvalue weighted by Gasteiger charge is -2.23. The average Bonchev–Trinajstić information content (AvgIpc) is 2.32. The molecule has 7 heteroatoms. The molecule has 0 bridgehead atoms. The molecule has 0 fully saturated rings. The van der Waals surface area contributed by atoms with E-state index in [2.05, 4.69) is 14.7 Å². The van der Waals surface area contributed by atoms with E-state index in [-0.39, 0.29) is 12.4 Å². The number of esters is 1. The van der Waals surface area contributed by atoms with E-state index in [0.29, 0.717) is 0 Å². The van der Waals surface area contributed by atoms with Crippen LogP contribution in [0.2, 0.25) is 0 Å². The Bertz CT molecular complexity index is 408. The molecule has 1 atom stereocenters. The second kappa shape index (κ2) is 5.35. The summed E-state index contributed by atoms with van der Waals surface area (Å²) in [5, 5.41) is 9.17. The molecule has 0 saturated carbocycles. The Morgan fingerprint density at radius 3 is 2.41 bits per heavy atom. The minimum absolute atomic E-state index is 0.0318. The zero-order chi connectivity index (χ0) is 12.9. The van der Waals surface area contributed by atoms with Gasteiger partial charge in [-0.3, -0.25) is 0 Å². The van der Waals surface area contributed by atoms with E-state index in [1.807, 2.05) is 0 Å². The number of methoxy groups -OCH3 is 1. The zero-order valence-corrected chi connectivity index (χ0v) is 9.41. The van der Waals surface area contributed by atoms with Crippen LogP contribution in [0.5, 0.6) is 0 Å². The number of rotatable bonds is 5. The maximum absolute atomic E-state index is 11.7. The SMILES string of the molecule is CCOC(=O)C(OC)(C(=O)O)c1ncccn1. The van der Waals surface area contributed by atoms with Gasteiger partial charge in [-0.2, -0.15) is 0 Å². The predicted molar refractivity (Wildman–Crippen MR) is 55.0 cm³/mol. The van der Waals surface area contributed by atoms with E-state index in [9.17, 15) is 9.59 Å². The van der Waals surface area contributed by atoms with Crippen molar-refractivity contribution < 1.29 is 24.2 Å². The average molecular weight is 240 g/mol. The van der Waals surface area contributed by atoms with Crippen LogP contribution in [0.1, 0.15) is 12.7 Å². The van der Waals surface area contributed by atoms with Crippen molar-refractivity contribution in [2.45, 2.75) is 12.5 Å². The third kappa shape index (κ3) is 2.23. The van der Waals surface area contributed by atoms with E-state index < -0.39 is 17.5 Å². The quantitative estimate of drug-likeness (QED) is 0.569. The lowest BCUT2D eigenvalue weighted by Crippen LogP contribution is -2.48. The fraction of sp³-hybridized carbons (Fsp3) is 0.400. The summed E-state index contributed by atoms with van der Waals surface area (Å²) in [7, 11) is 1.08. The van der Waals surface area contributed by atoms with Crippen LogP contribution in [0.15, 0.2) is 18.5 Å². The number of carboxylic acids is 1. The van der Waals surface area contributed by atoms with Crippen molar-refractivity contribution in [1.82, 2.24) is 9.97 Å². The van der Waals surface area contributed by atoms with E-state index in [1.165, 1.54) is 18.5 Å². The molecule has 0 amide bonds. The molecule has 1 unspecified atom stereocenters. The molecule has 1 rings (SSSR count). The molecule has 1 N–H and O–H groups in total. The van der Waals surface area contributed by atoms with Gasteiger partial charge in [-0.15, -0.1) is 0 Å². The molecule has 0 spiro atoms. The number of carbonyl (C=O) groups is 2. The largest absolute Gasteiger partial charge is 0.478 e. The van der Waals surface area contributed by atoms with E-state index in [4.69, 9.17) is 9.84 Å². The van der Waals surface area contributed by atoms with Crippen molar-refractivity contribution >= 4 is 11.9 Å². The lowest BCUT2D eigenvalue weighted by molar-refractivity contribution is -0.186. The Hall–Kier alpha value is -2.02. The van der Waals surface area contributed by atoms with Crippen molar-refractivity contribution in [2.75, 3.05) is 13.7 Å². The fourth-order valence-electron chi connectivity index (χ4n) is 1.25. The molecule has 0 aliphatic heterocycles. The molecule has 0 aliphatic carbocycles. The standard InChI is InChI=1S/C10H12N2O5/c1-3-17-9(15)10(16-2,8(13)14)7-11-5-4-6-12-7/h4-6H,3H2,1-2H3,(H,13,14). The number of ether oxygens (including phenoxy) is 2. The summed E-state index contributed by atoms with van der Waals surface area (Å²) in [5.41, 5.74) is -2.32. The van der Waals surface area contributed by atoms with E-state index in [1.54, 1.807) is 6.92 Å². The molecule has 0 saturated heterocycles. The second-order valence-electron chi connectivity index (χ2n) is 2.98. The van der Waals surface area contributed by atoms with Crippen LogP contribution in [0.3, 0.4) is 0 Å². The second-order valence-corrected chi connectivity index (χ2v) is 2.98. The number of hydrogen-bond acceptors (Lipinski definition) is 6. The van der Waals surface area contributed by atoms with Gasteiger partial charge in [0, 0.05) is 19.5 Å². The Morgan fingerprint density at radius 1 is 1.41 bits per heavy atom. The molecule has 7 nitrogen and oxygen atoms in total. The number of carbonyl (C=O) groups excluding carboxylic acids is 1. The van der Waals surface area contributed by atoms with Gasteiger partial charge in [-0.25, -0.2) is 19.6 Å². The van der Waals surface area contributed by atoms with Gasteiger partial charge in [-0.1, -0.05) is 0 Å². The molecule has 92 valence electrons. The molecule has 0 aromatic carbocycles. The predicted octanol–water partition coefficient (Wildman–Crippen LogP) is -0.0340. The van der Waals surface area contributed by atoms with Crippen LogP contribution in [0, 0.1) is 0 Å². The van der Waals surface area contributed by atoms with Crippen molar-refractivity contribution in [1.29, 1.82) is 0 Å². The maximum Gasteiger partial charge on any atom is 0.358 e. The van der Waals surface area contributed by atoms with Crippen LogP contribution >= 0.6 is 0 Å². The highest BCUT2D eigenvalue weighted by Crippen LogP contribution is 2.23. The molecule has 0 radical (unpaired) electrons. The minimum Gasteiger partial charge on any atom is -0.478 e. The lowest BCUT2D eigenvalue weighted by atomic mass is 10.0. The molecular weight excluding hydrogens is 228 g/mol. The molecule has 1 heterocycles. The van der Waals surface area contributed by atoms with Crippen LogP contribution < -0.4 is 0 Å². The molecule has 0 aliphatic rings. The van der Waals surface area contributed by atoms with Crippen molar-refractivity contribution in [3.63, 3.8) is 0 Å². The third-order valence-electron chi connectivity index (χ3n) is 2.05. The molecule has 1 aromatic heterocycles. The summed E-state index contributed by atoms with van der Waals surface area (Å²) in [6, 6.07) is 1.50. The first kappa shape index (κ1) is 13.0. The van der Waals surface area contributed by atoms with Crippen molar-refractivity contribution in [2.24, 2.45) is 0 Å². The number of aliphatic carboxylic acids is 1. The van der Waals surface area contributed by atoms with Gasteiger partial charge in [0.2, 0.25) is 0 Å². The van der Waals surface area contributed by atoms with Crippen molar-refractivity contribution in [3.05, 3.63) is 24.3 Å². The maximum atomic E-state index is 11.7. The first-order valence-corrected chi connectivity index (χ1v) is 4.82. The summed E-state index contributed by atoms with van der Waals surface area (Å²) in [6.07, 6.45) is 2.64. The Morgan fingerprint density at radius 2 is 2.00 bits per heavy atom. The van der Waals surface area contributed by atoms with Crippen molar-refractivity contribution in [3.8, 4) is 0 Å². The highest BCUT2D eigenvalue weighted by Gasteiger charge is 2.53. The number of hydrogen-bond donors (Lipinski definition) is 1. The number of aromatic nitrogens is 2. The van der Waals surface area contributed by atoms with Crippen LogP contribution in [0.4, 0.5) is 0 Å². The van der Waals surface area contributed by atoms with Crippen LogP contribution in [0.25, 0.3) is 0 Å². The van der Waals surface area contributed by atoms with Crippen LogP contribution in [-0.2, 0) is 24.7 Å². The smallest absolute Gasteiger partial charge is 0.358 e. The highest BCUT2D eigenvalue weighted by atomic mass is 16.6. The first-order valence-electron chi connectivity index (χ1n) is 4.82. The van der Waals surface area contributed by atoms with Crippen LogP contribution in [-0.4, -0.2) is 40.7 Å². The summed E-state index contributed by atoms with van der Waals surface area (Å²) < 4.78 is 9.49. The monoisotopic (exact) mass is 240 g/mol. The zero-order valence-electron chi connectivity index (χ0n) is 9.41. The number of carboxylic acid groups (broad SMARTS) is 1. The molecule has 17 heavy (non-hydrogen) atoms. The van der Waals surface area contributed by atoms with Gasteiger partial charge in [-0.05, 0) is 13.0 Å². The molecular formula is C10H12N2O5. The van der Waals surface area contributed by atoms with Gasteiger partial charge in [0.1, 0.15) is 0 Å². The third-order valence-corrected chi connectivity index (χ3v) is 2.05. The molecule has 1 aromatic rings. The first-order chi connectivity index (χ1) is 8.09. The van der Waals surface area contributed by atoms with E-state index in [0.717, 1.165) is 7.11 Å². The Balaban J connectivity index is 3.28. The minimum atomic E-state index is -2.32. The summed E-state index contributed by atoms with van der Waals surface area (Å²) in [6.45, 7) is 1.59. The van der Waals surface area contributed by atoms with E-state index >= 15 is 0 Å². The summed E-state index contributed by atoms with van der Waals surface area (Å²) in [4.78, 5) is 30.5. The topological polar surface area (TPSA) is 98.6 Å². The highest BCUT2D eigenvalue weighted by molar-refractivity contribution is 6.02. The normalized spacial score (nSPS) is 13.8. The van der Waals surface area contributed by atoms with Gasteiger partial charge in [0.25, 0.3) is 0 Å². The summed E-state index contributed by atoms with van der Waals surface area (Å²) >= 11 is 0. The van der Waals surface area contributed by atoms with Gasteiger partial charge < -0.3 is 14.6 Å². The van der Waals surface area contributed by atoms with Gasteiger partial charge in [0.05, 0.1) is 6.61 Å². The summed E-state index contributed by atoms with van der Waals surface area (Å²) in [5.74, 6) is -2.85. The fourth-order valence-corrected chi connectivity index (χ4v) is 1.25. The number of nitrogens with zero attached hydrogens (tertiary/aromatic N) is 2.